The second-order valence-corrected chi connectivity index (χ2v) is 6.42. The first-order chi connectivity index (χ1) is 8.62. The molecule has 0 saturated carbocycles. The summed E-state index contributed by atoms with van der Waals surface area (Å²) in [5, 5.41) is 8.84. The van der Waals surface area contributed by atoms with E-state index in [0.29, 0.717) is 0 Å². The average molecular weight is 263 g/mol. The van der Waals surface area contributed by atoms with E-state index in [-0.39, 0.29) is 23.8 Å². The van der Waals surface area contributed by atoms with Crippen molar-refractivity contribution in [2.45, 2.75) is 52.5 Å². The van der Waals surface area contributed by atoms with Gasteiger partial charge in [-0.25, -0.2) is 0 Å². The molecule has 106 valence electrons. The molecule has 19 heavy (non-hydrogen) atoms. The maximum atomic E-state index is 10.8. The summed E-state index contributed by atoms with van der Waals surface area (Å²) in [6.07, 6.45) is 0.0988. The van der Waals surface area contributed by atoms with E-state index in [1.165, 1.54) is 5.56 Å². The van der Waals surface area contributed by atoms with Gasteiger partial charge in [0.1, 0.15) is 0 Å². The third kappa shape index (κ3) is 4.06. The van der Waals surface area contributed by atoms with Crippen LogP contribution in [0.2, 0.25) is 0 Å². The normalized spacial score (nSPS) is 15.1. The molecule has 0 spiro atoms. The summed E-state index contributed by atoms with van der Waals surface area (Å²) >= 11 is 0. The Bertz CT molecular complexity index is 460. The van der Waals surface area contributed by atoms with Crippen molar-refractivity contribution in [1.29, 1.82) is 0 Å². The molecule has 3 N–H and O–H groups in total. The number of nitrogens with two attached hydrogens (primary N) is 1. The van der Waals surface area contributed by atoms with Gasteiger partial charge in [-0.15, -0.1) is 0 Å². The molecule has 2 unspecified atom stereocenters. The molecule has 3 heteroatoms. The van der Waals surface area contributed by atoms with Gasteiger partial charge in [0.15, 0.2) is 0 Å². The van der Waals surface area contributed by atoms with Gasteiger partial charge < -0.3 is 10.8 Å². The van der Waals surface area contributed by atoms with E-state index in [9.17, 15) is 4.79 Å². The number of aliphatic carboxylic acids is 1. The molecule has 1 rings (SSSR count). The molecular formula is C16H25NO2. The largest absolute Gasteiger partial charge is 0.481 e. The van der Waals surface area contributed by atoms with Gasteiger partial charge in [-0.1, -0.05) is 45.9 Å². The lowest BCUT2D eigenvalue weighted by Gasteiger charge is -2.24. The number of aryl methyl sites for hydroxylation is 1. The van der Waals surface area contributed by atoms with Gasteiger partial charge in [0.05, 0.1) is 0 Å². The second kappa shape index (κ2) is 5.74. The molecule has 0 radical (unpaired) electrons. The van der Waals surface area contributed by atoms with Crippen LogP contribution in [0, 0.1) is 12.8 Å². The second-order valence-electron chi connectivity index (χ2n) is 6.42. The fraction of sp³-hybridized carbons (Fsp3) is 0.562. The maximum Gasteiger partial charge on any atom is 0.303 e. The highest BCUT2D eigenvalue weighted by atomic mass is 16.4. The van der Waals surface area contributed by atoms with Crippen LogP contribution >= 0.6 is 0 Å². The minimum atomic E-state index is -0.799. The molecule has 1 aromatic carbocycles. The van der Waals surface area contributed by atoms with Crippen LogP contribution in [-0.4, -0.2) is 11.1 Å². The lowest BCUT2D eigenvalue weighted by atomic mass is 9.83. The molecule has 0 heterocycles. The minimum Gasteiger partial charge on any atom is -0.481 e. The maximum absolute atomic E-state index is 10.8. The third-order valence-corrected chi connectivity index (χ3v) is 3.60. The van der Waals surface area contributed by atoms with Crippen LogP contribution < -0.4 is 5.73 Å². The smallest absolute Gasteiger partial charge is 0.303 e. The van der Waals surface area contributed by atoms with Gasteiger partial charge in [0.25, 0.3) is 0 Å². The van der Waals surface area contributed by atoms with Crippen LogP contribution in [0.1, 0.15) is 56.8 Å². The summed E-state index contributed by atoms with van der Waals surface area (Å²) < 4.78 is 0. The van der Waals surface area contributed by atoms with E-state index < -0.39 is 5.97 Å². The zero-order valence-electron chi connectivity index (χ0n) is 12.5. The highest BCUT2D eigenvalue weighted by Gasteiger charge is 2.21. The van der Waals surface area contributed by atoms with Crippen molar-refractivity contribution >= 4 is 5.97 Å². The fourth-order valence-corrected chi connectivity index (χ4v) is 2.23. The Balaban J connectivity index is 2.99. The van der Waals surface area contributed by atoms with Crippen molar-refractivity contribution in [3.05, 3.63) is 34.9 Å². The molecule has 2 atom stereocenters. The first-order valence-electron chi connectivity index (χ1n) is 6.71. The summed E-state index contributed by atoms with van der Waals surface area (Å²) in [5.41, 5.74) is 9.74. The molecule has 0 bridgehead atoms. The van der Waals surface area contributed by atoms with E-state index in [1.54, 1.807) is 0 Å². The SMILES string of the molecule is Cc1cc(C(C)(C)C)ccc1C(N)C(C)CC(=O)O. The van der Waals surface area contributed by atoms with E-state index in [0.717, 1.165) is 11.1 Å². The predicted molar refractivity (Wildman–Crippen MR) is 78.2 cm³/mol. The quantitative estimate of drug-likeness (QED) is 0.875. The Morgan fingerprint density at radius 1 is 1.37 bits per heavy atom. The summed E-state index contributed by atoms with van der Waals surface area (Å²) in [4.78, 5) is 10.8. The lowest BCUT2D eigenvalue weighted by molar-refractivity contribution is -0.138. The highest BCUT2D eigenvalue weighted by molar-refractivity contribution is 5.67. The van der Waals surface area contributed by atoms with E-state index in [4.69, 9.17) is 10.8 Å². The standard InChI is InChI=1S/C16H25NO2/c1-10-8-12(16(3,4)5)6-7-13(10)15(17)11(2)9-14(18)19/h6-8,11,15H,9,17H2,1-5H3,(H,18,19). The van der Waals surface area contributed by atoms with Gasteiger partial charge in [-0.2, -0.15) is 0 Å². The Kier molecular flexibility index (Phi) is 4.75. The van der Waals surface area contributed by atoms with Crippen molar-refractivity contribution in [2.75, 3.05) is 0 Å². The van der Waals surface area contributed by atoms with Gasteiger partial charge in [0.2, 0.25) is 0 Å². The zero-order valence-corrected chi connectivity index (χ0v) is 12.5. The molecule has 0 amide bonds. The Labute approximate surface area is 115 Å². The van der Waals surface area contributed by atoms with Crippen LogP contribution in [0.4, 0.5) is 0 Å². The number of rotatable bonds is 4. The molecule has 0 aromatic heterocycles. The number of carboxylic acid groups (broad SMARTS) is 1. The summed E-state index contributed by atoms with van der Waals surface area (Å²) in [5.74, 6) is -0.872. The Morgan fingerprint density at radius 2 is 1.95 bits per heavy atom. The molecule has 0 aliphatic rings. The van der Waals surface area contributed by atoms with E-state index >= 15 is 0 Å². The third-order valence-electron chi connectivity index (χ3n) is 3.60. The summed E-state index contributed by atoms with van der Waals surface area (Å²) in [6, 6.07) is 6.06. The summed E-state index contributed by atoms with van der Waals surface area (Å²) in [6.45, 7) is 10.4. The van der Waals surface area contributed by atoms with Crippen molar-refractivity contribution in [1.82, 2.24) is 0 Å². The van der Waals surface area contributed by atoms with Crippen LogP contribution in [-0.2, 0) is 10.2 Å². The van der Waals surface area contributed by atoms with Crippen molar-refractivity contribution < 1.29 is 9.90 Å². The van der Waals surface area contributed by atoms with Crippen molar-refractivity contribution in [3.8, 4) is 0 Å². The molecule has 0 aliphatic carbocycles. The van der Waals surface area contributed by atoms with Gasteiger partial charge in [-0.05, 0) is 34.9 Å². The van der Waals surface area contributed by atoms with E-state index in [1.807, 2.05) is 19.9 Å². The van der Waals surface area contributed by atoms with Crippen LogP contribution in [0.3, 0.4) is 0 Å². The van der Waals surface area contributed by atoms with Crippen LogP contribution in [0.25, 0.3) is 0 Å². The minimum absolute atomic E-state index is 0.0725. The summed E-state index contributed by atoms with van der Waals surface area (Å²) in [7, 11) is 0. The molecule has 0 fully saturated rings. The lowest BCUT2D eigenvalue weighted by Crippen LogP contribution is -2.23. The molecule has 1 aromatic rings. The number of hydrogen-bond acceptors (Lipinski definition) is 2. The monoisotopic (exact) mass is 263 g/mol. The van der Waals surface area contributed by atoms with Crippen molar-refractivity contribution in [3.63, 3.8) is 0 Å². The topological polar surface area (TPSA) is 63.3 Å². The zero-order chi connectivity index (χ0) is 14.8. The van der Waals surface area contributed by atoms with E-state index in [2.05, 4.69) is 32.9 Å². The molecule has 0 aliphatic heterocycles. The molecule has 3 nitrogen and oxygen atoms in total. The predicted octanol–water partition coefficient (Wildman–Crippen LogP) is 3.40. The van der Waals surface area contributed by atoms with Gasteiger partial charge in [0, 0.05) is 12.5 Å². The average Bonchev–Trinajstić information content (AvgIpc) is 2.25. The van der Waals surface area contributed by atoms with Crippen molar-refractivity contribution in [2.24, 2.45) is 11.7 Å². The molecular weight excluding hydrogens is 238 g/mol. The number of benzene rings is 1. The van der Waals surface area contributed by atoms with Crippen LogP contribution in [0.15, 0.2) is 18.2 Å². The van der Waals surface area contributed by atoms with Crippen LogP contribution in [0.5, 0.6) is 0 Å². The highest BCUT2D eigenvalue weighted by Crippen LogP contribution is 2.29. The van der Waals surface area contributed by atoms with Gasteiger partial charge in [-0.3, -0.25) is 4.79 Å². The number of hydrogen-bond donors (Lipinski definition) is 2. The Hall–Kier alpha value is -1.35. The van der Waals surface area contributed by atoms with Gasteiger partial charge >= 0.3 is 5.97 Å². The Morgan fingerprint density at radius 3 is 2.37 bits per heavy atom. The number of carboxylic acids is 1. The first-order valence-corrected chi connectivity index (χ1v) is 6.71. The number of carbonyl (C=O) groups is 1. The molecule has 0 saturated heterocycles. The first kappa shape index (κ1) is 15.7. The fourth-order valence-electron chi connectivity index (χ4n) is 2.23.